The van der Waals surface area contributed by atoms with E-state index in [1.54, 1.807) is 41.5 Å². The van der Waals surface area contributed by atoms with Gasteiger partial charge in [0.2, 0.25) is 0 Å². The van der Waals surface area contributed by atoms with E-state index in [1.807, 2.05) is 19.9 Å². The van der Waals surface area contributed by atoms with Crippen LogP contribution in [0.4, 0.5) is 4.79 Å². The Kier molecular flexibility index (Phi) is 6.68. The lowest BCUT2D eigenvalue weighted by atomic mass is 10.2. The van der Waals surface area contributed by atoms with Gasteiger partial charge < -0.3 is 18.8 Å². The molecule has 0 saturated heterocycles. The molecule has 7 nitrogen and oxygen atoms in total. The van der Waals surface area contributed by atoms with Gasteiger partial charge in [-0.1, -0.05) is 12.1 Å². The zero-order valence-corrected chi connectivity index (χ0v) is 16.0. The lowest BCUT2D eigenvalue weighted by molar-refractivity contribution is 0.184. The standard InChI is InChI=1S/C18H24N2O5S/c1-4-26(22,23)25-16-8-5-7-15(11-16)12-20(18(21)19-14(2)3)13-17-9-6-10-24-17/h5-11,14H,4,12-13H2,1-3H3,(H,19,21). The summed E-state index contributed by atoms with van der Waals surface area (Å²) in [7, 11) is -3.60. The molecular weight excluding hydrogens is 356 g/mol. The number of hydrogen-bond acceptors (Lipinski definition) is 5. The highest BCUT2D eigenvalue weighted by Crippen LogP contribution is 2.18. The Morgan fingerprint density at radius 1 is 1.23 bits per heavy atom. The number of rotatable bonds is 8. The third kappa shape index (κ3) is 6.11. The van der Waals surface area contributed by atoms with Gasteiger partial charge in [-0.05, 0) is 50.6 Å². The number of nitrogens with one attached hydrogen (secondary N) is 1. The van der Waals surface area contributed by atoms with Crippen LogP contribution in [0.5, 0.6) is 5.75 Å². The summed E-state index contributed by atoms with van der Waals surface area (Å²) in [6.45, 7) is 5.85. The number of carbonyl (C=O) groups is 1. The number of furan rings is 1. The summed E-state index contributed by atoms with van der Waals surface area (Å²) in [6.07, 6.45) is 1.55. The first-order chi connectivity index (χ1) is 12.3. The number of nitrogens with zero attached hydrogens (tertiary/aromatic N) is 1. The monoisotopic (exact) mass is 380 g/mol. The maximum Gasteiger partial charge on any atom is 0.318 e. The van der Waals surface area contributed by atoms with Crippen molar-refractivity contribution in [2.45, 2.75) is 39.9 Å². The third-order valence-corrected chi connectivity index (χ3v) is 4.63. The van der Waals surface area contributed by atoms with Crippen molar-refractivity contribution in [2.24, 2.45) is 0 Å². The number of carbonyl (C=O) groups excluding carboxylic acids is 1. The van der Waals surface area contributed by atoms with Crippen molar-refractivity contribution in [2.75, 3.05) is 5.75 Å². The van der Waals surface area contributed by atoms with E-state index in [0.29, 0.717) is 12.3 Å². The molecule has 1 aromatic heterocycles. The Morgan fingerprint density at radius 2 is 2.00 bits per heavy atom. The fraction of sp³-hybridized carbons (Fsp3) is 0.389. The molecule has 1 N–H and O–H groups in total. The lowest BCUT2D eigenvalue weighted by Crippen LogP contribution is -2.42. The van der Waals surface area contributed by atoms with Crippen molar-refractivity contribution in [1.29, 1.82) is 0 Å². The van der Waals surface area contributed by atoms with E-state index >= 15 is 0 Å². The van der Waals surface area contributed by atoms with Crippen LogP contribution in [-0.4, -0.2) is 31.1 Å². The van der Waals surface area contributed by atoms with E-state index in [0.717, 1.165) is 5.56 Å². The zero-order chi connectivity index (χ0) is 19.2. The molecule has 8 heteroatoms. The molecule has 26 heavy (non-hydrogen) atoms. The quantitative estimate of drug-likeness (QED) is 0.711. The highest BCUT2D eigenvalue weighted by atomic mass is 32.2. The minimum absolute atomic E-state index is 0.00836. The van der Waals surface area contributed by atoms with Crippen molar-refractivity contribution in [1.82, 2.24) is 10.2 Å². The molecule has 0 aliphatic carbocycles. The van der Waals surface area contributed by atoms with Crippen LogP contribution in [0, 0.1) is 0 Å². The van der Waals surface area contributed by atoms with Gasteiger partial charge in [-0.25, -0.2) is 4.79 Å². The number of amides is 2. The largest absolute Gasteiger partial charge is 0.467 e. The molecule has 0 radical (unpaired) electrons. The van der Waals surface area contributed by atoms with Crippen LogP contribution in [0.3, 0.4) is 0 Å². The van der Waals surface area contributed by atoms with Crippen LogP contribution >= 0.6 is 0 Å². The summed E-state index contributed by atoms with van der Waals surface area (Å²) in [5.41, 5.74) is 0.749. The van der Waals surface area contributed by atoms with Gasteiger partial charge in [0.25, 0.3) is 0 Å². The first-order valence-corrected chi connectivity index (χ1v) is 9.95. The van der Waals surface area contributed by atoms with Crippen molar-refractivity contribution in [3.63, 3.8) is 0 Å². The molecule has 0 unspecified atom stereocenters. The molecule has 0 spiro atoms. The molecule has 0 aliphatic rings. The summed E-state index contributed by atoms with van der Waals surface area (Å²) < 4.78 is 33.6. The van der Waals surface area contributed by atoms with E-state index in [-0.39, 0.29) is 30.1 Å². The Morgan fingerprint density at radius 3 is 2.62 bits per heavy atom. The van der Waals surface area contributed by atoms with Crippen molar-refractivity contribution >= 4 is 16.1 Å². The Balaban J connectivity index is 2.17. The second-order valence-corrected chi connectivity index (χ2v) is 7.98. The third-order valence-electron chi connectivity index (χ3n) is 3.47. The molecule has 0 bridgehead atoms. The Labute approximate surface area is 154 Å². The minimum atomic E-state index is -3.60. The molecule has 2 amide bonds. The Bertz CT molecular complexity index is 816. The first kappa shape index (κ1) is 19.8. The minimum Gasteiger partial charge on any atom is -0.467 e. The zero-order valence-electron chi connectivity index (χ0n) is 15.1. The maximum absolute atomic E-state index is 12.5. The second-order valence-electron chi connectivity index (χ2n) is 6.12. The molecule has 0 saturated carbocycles. The molecule has 1 heterocycles. The number of urea groups is 1. The number of hydrogen-bond donors (Lipinski definition) is 1. The topological polar surface area (TPSA) is 88.9 Å². The predicted molar refractivity (Wildman–Crippen MR) is 98.2 cm³/mol. The SMILES string of the molecule is CCS(=O)(=O)Oc1cccc(CN(Cc2ccco2)C(=O)NC(C)C)c1. The van der Waals surface area contributed by atoms with Crippen LogP contribution < -0.4 is 9.50 Å². The number of benzene rings is 1. The average Bonchev–Trinajstić information content (AvgIpc) is 3.06. The molecule has 0 atom stereocenters. The van der Waals surface area contributed by atoms with Gasteiger partial charge >= 0.3 is 16.1 Å². The fourth-order valence-corrected chi connectivity index (χ4v) is 2.76. The predicted octanol–water partition coefficient (Wildman–Crippen LogP) is 3.13. The highest BCUT2D eigenvalue weighted by Gasteiger charge is 2.17. The van der Waals surface area contributed by atoms with Gasteiger partial charge in [-0.15, -0.1) is 0 Å². The van der Waals surface area contributed by atoms with Crippen molar-refractivity contribution < 1.29 is 21.8 Å². The summed E-state index contributed by atoms with van der Waals surface area (Å²) in [6, 6.07) is 10.0. The van der Waals surface area contributed by atoms with Crippen LogP contribution in [-0.2, 0) is 23.2 Å². The molecule has 1 aromatic carbocycles. The molecular formula is C18H24N2O5S. The van der Waals surface area contributed by atoms with Gasteiger partial charge in [0.1, 0.15) is 11.5 Å². The van der Waals surface area contributed by atoms with Gasteiger partial charge in [-0.3, -0.25) is 0 Å². The summed E-state index contributed by atoms with van der Waals surface area (Å²) >= 11 is 0. The smallest absolute Gasteiger partial charge is 0.318 e. The van der Waals surface area contributed by atoms with E-state index in [1.165, 1.54) is 6.92 Å². The van der Waals surface area contributed by atoms with Crippen LogP contribution in [0.1, 0.15) is 32.1 Å². The van der Waals surface area contributed by atoms with E-state index in [2.05, 4.69) is 5.32 Å². The van der Waals surface area contributed by atoms with Gasteiger partial charge in [0.05, 0.1) is 18.6 Å². The first-order valence-electron chi connectivity index (χ1n) is 8.38. The average molecular weight is 380 g/mol. The Hall–Kier alpha value is -2.48. The fourth-order valence-electron chi connectivity index (χ4n) is 2.25. The van der Waals surface area contributed by atoms with E-state index < -0.39 is 10.1 Å². The van der Waals surface area contributed by atoms with Crippen molar-refractivity contribution in [3.05, 3.63) is 54.0 Å². The van der Waals surface area contributed by atoms with Crippen LogP contribution in [0.25, 0.3) is 0 Å². The molecule has 2 aromatic rings. The van der Waals surface area contributed by atoms with Crippen LogP contribution in [0.2, 0.25) is 0 Å². The molecule has 2 rings (SSSR count). The van der Waals surface area contributed by atoms with E-state index in [9.17, 15) is 13.2 Å². The lowest BCUT2D eigenvalue weighted by Gasteiger charge is -2.23. The summed E-state index contributed by atoms with van der Waals surface area (Å²) in [5, 5.41) is 2.86. The summed E-state index contributed by atoms with van der Waals surface area (Å²) in [4.78, 5) is 14.1. The summed E-state index contributed by atoms with van der Waals surface area (Å²) in [5.74, 6) is 0.773. The molecule has 0 fully saturated rings. The van der Waals surface area contributed by atoms with Crippen molar-refractivity contribution in [3.8, 4) is 5.75 Å². The maximum atomic E-state index is 12.5. The van der Waals surface area contributed by atoms with Gasteiger partial charge in [0, 0.05) is 12.6 Å². The molecule has 142 valence electrons. The van der Waals surface area contributed by atoms with Crippen LogP contribution in [0.15, 0.2) is 47.1 Å². The van der Waals surface area contributed by atoms with Gasteiger partial charge in [0.15, 0.2) is 0 Å². The normalized spacial score (nSPS) is 11.4. The highest BCUT2D eigenvalue weighted by molar-refractivity contribution is 7.87. The molecule has 0 aliphatic heterocycles. The van der Waals surface area contributed by atoms with E-state index in [4.69, 9.17) is 8.60 Å². The second kappa shape index (κ2) is 8.75. The van der Waals surface area contributed by atoms with Gasteiger partial charge in [-0.2, -0.15) is 8.42 Å².